The quantitative estimate of drug-likeness (QED) is 0.554. The molecule has 1 heterocycles. The average Bonchev–Trinajstić information content (AvgIpc) is 2.81. The van der Waals surface area contributed by atoms with Gasteiger partial charge in [0.15, 0.2) is 5.79 Å². The van der Waals surface area contributed by atoms with Gasteiger partial charge in [-0.2, -0.15) is 12.6 Å². The Bertz CT molecular complexity index is 341. The summed E-state index contributed by atoms with van der Waals surface area (Å²) in [5.74, 6) is -2.17. The lowest BCUT2D eigenvalue weighted by atomic mass is 10.1. The van der Waals surface area contributed by atoms with Gasteiger partial charge in [-0.25, -0.2) is 4.79 Å². The van der Waals surface area contributed by atoms with Crippen LogP contribution in [0, 0.1) is 5.92 Å². The summed E-state index contributed by atoms with van der Waals surface area (Å²) >= 11 is 4.14. The highest BCUT2D eigenvalue weighted by atomic mass is 32.1. The Hall–Kier alpha value is -0.790. The molecule has 0 aromatic carbocycles. The van der Waals surface area contributed by atoms with E-state index in [4.69, 9.17) is 9.47 Å². The number of methoxy groups -OCH3 is 2. The molecule has 110 valence electrons. The molecule has 1 amide bonds. The van der Waals surface area contributed by atoms with Crippen molar-refractivity contribution in [3.05, 3.63) is 0 Å². The number of nitrogens with zero attached hydrogens (tertiary/aromatic N) is 1. The number of rotatable bonds is 6. The van der Waals surface area contributed by atoms with Crippen LogP contribution in [0.4, 0.5) is 0 Å². The summed E-state index contributed by atoms with van der Waals surface area (Å²) in [6.45, 7) is 2.00. The van der Waals surface area contributed by atoms with Crippen LogP contribution in [0.1, 0.15) is 19.8 Å². The molecule has 19 heavy (non-hydrogen) atoms. The maximum Gasteiger partial charge on any atom is 0.326 e. The van der Waals surface area contributed by atoms with Crippen LogP contribution < -0.4 is 0 Å². The van der Waals surface area contributed by atoms with E-state index in [-0.39, 0.29) is 24.8 Å². The molecule has 0 aromatic heterocycles. The Labute approximate surface area is 118 Å². The summed E-state index contributed by atoms with van der Waals surface area (Å²) in [5.41, 5.74) is 0. The topological polar surface area (TPSA) is 76.1 Å². The number of carboxylic acids is 1. The molecule has 2 atom stereocenters. The minimum Gasteiger partial charge on any atom is -0.480 e. The molecule has 1 rings (SSSR count). The van der Waals surface area contributed by atoms with Gasteiger partial charge in [0.2, 0.25) is 5.91 Å². The fourth-order valence-electron chi connectivity index (χ4n) is 2.29. The highest BCUT2D eigenvalue weighted by Gasteiger charge is 2.50. The van der Waals surface area contributed by atoms with E-state index in [1.165, 1.54) is 19.1 Å². The van der Waals surface area contributed by atoms with Gasteiger partial charge in [0.1, 0.15) is 6.04 Å². The average molecular weight is 291 g/mol. The molecular formula is C12H21NO5S. The van der Waals surface area contributed by atoms with Crippen molar-refractivity contribution in [2.45, 2.75) is 31.6 Å². The van der Waals surface area contributed by atoms with Gasteiger partial charge in [0.25, 0.3) is 0 Å². The normalized spacial score (nSPS) is 23.4. The Morgan fingerprint density at radius 2 is 2.05 bits per heavy atom. The second-order valence-electron chi connectivity index (χ2n) is 4.63. The number of likely N-dealkylation sites (tertiary alicyclic amines) is 1. The molecule has 1 fully saturated rings. The minimum absolute atomic E-state index is 0.125. The van der Waals surface area contributed by atoms with E-state index in [2.05, 4.69) is 12.6 Å². The molecule has 0 aromatic rings. The number of hydrogen-bond donors (Lipinski definition) is 2. The largest absolute Gasteiger partial charge is 0.480 e. The van der Waals surface area contributed by atoms with Crippen molar-refractivity contribution in [2.75, 3.05) is 26.5 Å². The van der Waals surface area contributed by atoms with E-state index in [0.717, 1.165) is 0 Å². The maximum absolute atomic E-state index is 12.3. The monoisotopic (exact) mass is 291 g/mol. The fourth-order valence-corrected chi connectivity index (χ4v) is 2.70. The molecule has 1 aliphatic heterocycles. The molecule has 0 spiro atoms. The third-order valence-electron chi connectivity index (χ3n) is 3.67. The minimum atomic E-state index is -1.04. The van der Waals surface area contributed by atoms with Gasteiger partial charge in [-0.1, -0.05) is 6.92 Å². The summed E-state index contributed by atoms with van der Waals surface area (Å²) in [6, 6.07) is -0.915. The molecule has 1 saturated heterocycles. The summed E-state index contributed by atoms with van der Waals surface area (Å²) in [5, 5.41) is 9.26. The second-order valence-corrected chi connectivity index (χ2v) is 5.00. The van der Waals surface area contributed by atoms with Crippen LogP contribution in [0.25, 0.3) is 0 Å². The lowest BCUT2D eigenvalue weighted by molar-refractivity contribution is -0.197. The molecule has 0 radical (unpaired) electrons. The van der Waals surface area contributed by atoms with Crippen LogP contribution in [0.2, 0.25) is 0 Å². The summed E-state index contributed by atoms with van der Waals surface area (Å²) in [7, 11) is 2.90. The van der Waals surface area contributed by atoms with Gasteiger partial charge in [0, 0.05) is 32.3 Å². The Morgan fingerprint density at radius 1 is 1.47 bits per heavy atom. The molecular weight excluding hydrogens is 270 g/mol. The van der Waals surface area contributed by atoms with Crippen molar-refractivity contribution in [3.63, 3.8) is 0 Å². The summed E-state index contributed by atoms with van der Waals surface area (Å²) < 4.78 is 10.5. The van der Waals surface area contributed by atoms with Gasteiger partial charge in [-0.05, 0) is 6.42 Å². The molecule has 0 aliphatic carbocycles. The molecule has 0 unspecified atom stereocenters. The van der Waals surface area contributed by atoms with Crippen molar-refractivity contribution in [1.82, 2.24) is 4.90 Å². The third-order valence-corrected chi connectivity index (χ3v) is 4.11. The second kappa shape index (κ2) is 6.58. The van der Waals surface area contributed by atoms with Gasteiger partial charge in [0.05, 0.1) is 6.54 Å². The predicted molar refractivity (Wildman–Crippen MR) is 72.1 cm³/mol. The van der Waals surface area contributed by atoms with Crippen LogP contribution >= 0.6 is 12.6 Å². The zero-order valence-corrected chi connectivity index (χ0v) is 12.4. The molecule has 1 N–H and O–H groups in total. The lowest BCUT2D eigenvalue weighted by Gasteiger charge is -2.27. The van der Waals surface area contributed by atoms with Crippen molar-refractivity contribution in [2.24, 2.45) is 5.92 Å². The molecule has 7 heteroatoms. The third kappa shape index (κ3) is 3.21. The number of carbonyl (C=O) groups is 2. The number of amides is 1. The van der Waals surface area contributed by atoms with E-state index in [0.29, 0.717) is 12.2 Å². The molecule has 0 saturated carbocycles. The highest BCUT2D eigenvalue weighted by Crippen LogP contribution is 2.32. The zero-order chi connectivity index (χ0) is 14.6. The van der Waals surface area contributed by atoms with E-state index in [1.54, 1.807) is 0 Å². The fraction of sp³-hybridized carbons (Fsp3) is 0.833. The van der Waals surface area contributed by atoms with Gasteiger partial charge in [-0.3, -0.25) is 4.79 Å². The molecule has 6 nitrogen and oxygen atoms in total. The van der Waals surface area contributed by atoms with Gasteiger partial charge in [-0.15, -0.1) is 0 Å². The van der Waals surface area contributed by atoms with E-state index < -0.39 is 17.8 Å². The maximum atomic E-state index is 12.3. The van der Waals surface area contributed by atoms with Crippen molar-refractivity contribution in [3.8, 4) is 0 Å². The van der Waals surface area contributed by atoms with E-state index >= 15 is 0 Å². The number of ether oxygens (including phenoxy) is 2. The Balaban J connectivity index is 2.97. The van der Waals surface area contributed by atoms with Gasteiger partial charge < -0.3 is 19.5 Å². The molecule has 0 bridgehead atoms. The SMILES string of the molecule is CC[C@H](CS)C(=O)N1CC(OC)(OC)C[C@H]1C(=O)O. The first kappa shape index (κ1) is 16.3. The summed E-state index contributed by atoms with van der Waals surface area (Å²) in [4.78, 5) is 25.0. The number of carbonyl (C=O) groups excluding carboxylic acids is 1. The van der Waals surface area contributed by atoms with Gasteiger partial charge >= 0.3 is 5.97 Å². The Kier molecular flexibility index (Phi) is 5.64. The van der Waals surface area contributed by atoms with E-state index in [1.807, 2.05) is 6.92 Å². The number of aliphatic carboxylic acids is 1. The van der Waals surface area contributed by atoms with Crippen LogP contribution in [0.5, 0.6) is 0 Å². The standard InChI is InChI=1S/C12H21NO5S/c1-4-8(6-19)10(14)13-7-12(17-2,18-3)5-9(13)11(15)16/h8-9,19H,4-7H2,1-3H3,(H,15,16)/t8-,9+/m1/s1. The number of carboxylic acid groups (broad SMARTS) is 1. The molecule has 1 aliphatic rings. The van der Waals surface area contributed by atoms with Crippen LogP contribution in [-0.2, 0) is 19.1 Å². The predicted octanol–water partition coefficient (Wildman–Crippen LogP) is 0.617. The van der Waals surface area contributed by atoms with Crippen LogP contribution in [0.3, 0.4) is 0 Å². The first-order chi connectivity index (χ1) is 8.94. The lowest BCUT2D eigenvalue weighted by Crippen LogP contribution is -2.45. The number of thiol groups is 1. The van der Waals surface area contributed by atoms with Crippen LogP contribution in [-0.4, -0.2) is 60.2 Å². The Morgan fingerprint density at radius 3 is 2.42 bits per heavy atom. The van der Waals surface area contributed by atoms with Crippen molar-refractivity contribution >= 4 is 24.5 Å². The smallest absolute Gasteiger partial charge is 0.326 e. The van der Waals surface area contributed by atoms with E-state index in [9.17, 15) is 14.7 Å². The van der Waals surface area contributed by atoms with Crippen molar-refractivity contribution in [1.29, 1.82) is 0 Å². The zero-order valence-electron chi connectivity index (χ0n) is 11.5. The first-order valence-corrected chi connectivity index (χ1v) is 6.82. The number of hydrogen-bond acceptors (Lipinski definition) is 5. The van der Waals surface area contributed by atoms with Crippen LogP contribution in [0.15, 0.2) is 0 Å². The van der Waals surface area contributed by atoms with Crippen molar-refractivity contribution < 1.29 is 24.2 Å². The first-order valence-electron chi connectivity index (χ1n) is 6.19. The summed E-state index contributed by atoms with van der Waals surface area (Å²) in [6.07, 6.45) is 0.752. The highest BCUT2D eigenvalue weighted by molar-refractivity contribution is 7.80.